The Kier molecular flexibility index (Phi) is 6.01. The number of esters is 1. The summed E-state index contributed by atoms with van der Waals surface area (Å²) in [6.45, 7) is 1.80. The number of aryl methyl sites for hydroxylation is 1. The highest BCUT2D eigenvalue weighted by Gasteiger charge is 2.19. The molecule has 27 heavy (non-hydrogen) atoms. The van der Waals surface area contributed by atoms with Crippen LogP contribution in [0, 0.1) is 6.92 Å². The maximum atomic E-state index is 12.6. The van der Waals surface area contributed by atoms with Crippen LogP contribution in [0.15, 0.2) is 30.3 Å². The molecule has 1 aliphatic carbocycles. The van der Waals surface area contributed by atoms with E-state index >= 15 is 0 Å². The molecule has 7 heteroatoms. The third kappa shape index (κ3) is 4.81. The molecule has 0 aliphatic heterocycles. The van der Waals surface area contributed by atoms with Crippen LogP contribution in [0.5, 0.6) is 0 Å². The van der Waals surface area contributed by atoms with Crippen molar-refractivity contribution in [3.8, 4) is 0 Å². The van der Waals surface area contributed by atoms with Gasteiger partial charge in [-0.05, 0) is 38.0 Å². The fraction of sp³-hybridized carbons (Fsp3) is 0.400. The minimum atomic E-state index is -0.457. The number of carbonyl (C=O) groups excluding carboxylic acids is 2. The second-order valence-corrected chi connectivity index (χ2v) is 6.69. The van der Waals surface area contributed by atoms with Gasteiger partial charge in [0.25, 0.3) is 5.91 Å². The molecular weight excluding hydrogens is 344 g/mol. The highest BCUT2D eigenvalue weighted by atomic mass is 16.5. The van der Waals surface area contributed by atoms with E-state index in [-0.39, 0.29) is 17.9 Å². The molecule has 0 radical (unpaired) electrons. The number of benzene rings is 1. The predicted molar refractivity (Wildman–Crippen MR) is 102 cm³/mol. The molecule has 2 N–H and O–H groups in total. The first-order valence-corrected chi connectivity index (χ1v) is 9.17. The lowest BCUT2D eigenvalue weighted by Crippen LogP contribution is -2.36. The van der Waals surface area contributed by atoms with Gasteiger partial charge >= 0.3 is 5.97 Å². The summed E-state index contributed by atoms with van der Waals surface area (Å²) in [5, 5.41) is 6.09. The van der Waals surface area contributed by atoms with Gasteiger partial charge in [-0.3, -0.25) is 4.79 Å². The van der Waals surface area contributed by atoms with Crippen LogP contribution in [0.2, 0.25) is 0 Å². The van der Waals surface area contributed by atoms with Gasteiger partial charge in [0.1, 0.15) is 5.69 Å². The van der Waals surface area contributed by atoms with E-state index in [9.17, 15) is 9.59 Å². The van der Waals surface area contributed by atoms with E-state index in [0.29, 0.717) is 22.6 Å². The summed E-state index contributed by atoms with van der Waals surface area (Å²) in [5.74, 6) is -0.391. The highest BCUT2D eigenvalue weighted by Crippen LogP contribution is 2.21. The molecule has 1 aromatic heterocycles. The first-order valence-electron chi connectivity index (χ1n) is 9.17. The lowest BCUT2D eigenvalue weighted by molar-refractivity contribution is 0.0601. The Bertz CT molecular complexity index is 832. The highest BCUT2D eigenvalue weighted by molar-refractivity contribution is 5.96. The Labute approximate surface area is 158 Å². The molecule has 0 saturated heterocycles. The molecule has 1 amide bonds. The number of nitrogens with one attached hydrogen (secondary N) is 2. The molecule has 1 aromatic carbocycles. The number of carbonyl (C=O) groups is 2. The third-order valence-corrected chi connectivity index (χ3v) is 4.61. The minimum absolute atomic E-state index is 0.197. The summed E-state index contributed by atoms with van der Waals surface area (Å²) in [5.41, 5.74) is 1.87. The van der Waals surface area contributed by atoms with Crippen molar-refractivity contribution in [1.82, 2.24) is 15.3 Å². The maximum Gasteiger partial charge on any atom is 0.339 e. The molecule has 2 aromatic rings. The molecule has 7 nitrogen and oxygen atoms in total. The van der Waals surface area contributed by atoms with Gasteiger partial charge in [-0.15, -0.1) is 0 Å². The Morgan fingerprint density at radius 3 is 2.59 bits per heavy atom. The number of aromatic nitrogens is 2. The number of anilines is 2. The summed E-state index contributed by atoms with van der Waals surface area (Å²) in [7, 11) is 1.33. The van der Waals surface area contributed by atoms with Crippen LogP contribution < -0.4 is 10.6 Å². The molecule has 1 aliphatic rings. The number of hydrogen-bond acceptors (Lipinski definition) is 6. The number of amides is 1. The van der Waals surface area contributed by atoms with Gasteiger partial charge in [0, 0.05) is 11.7 Å². The molecule has 3 rings (SSSR count). The van der Waals surface area contributed by atoms with E-state index < -0.39 is 5.97 Å². The lowest BCUT2D eigenvalue weighted by atomic mass is 9.95. The standard InChI is InChI=1S/C20H24N4O3/c1-13-12-17(18(25)22-14-8-4-3-5-9-14)24-20(21-13)23-16-11-7-6-10-15(16)19(26)27-2/h6-7,10-12,14H,3-5,8-9H2,1-2H3,(H,22,25)(H,21,23,24). The summed E-state index contributed by atoms with van der Waals surface area (Å²) < 4.78 is 4.80. The molecule has 1 saturated carbocycles. The first kappa shape index (κ1) is 18.8. The van der Waals surface area contributed by atoms with E-state index in [1.54, 1.807) is 37.3 Å². The molecule has 0 bridgehead atoms. The zero-order valence-electron chi connectivity index (χ0n) is 15.6. The van der Waals surface area contributed by atoms with Crippen LogP contribution >= 0.6 is 0 Å². The number of hydrogen-bond donors (Lipinski definition) is 2. The van der Waals surface area contributed by atoms with Crippen LogP contribution in [0.4, 0.5) is 11.6 Å². The summed E-state index contributed by atoms with van der Waals surface area (Å²) in [6.07, 6.45) is 5.53. The molecule has 0 unspecified atom stereocenters. The van der Waals surface area contributed by atoms with Gasteiger partial charge < -0.3 is 15.4 Å². The first-order chi connectivity index (χ1) is 13.1. The average Bonchev–Trinajstić information content (AvgIpc) is 2.68. The fourth-order valence-corrected chi connectivity index (χ4v) is 3.25. The van der Waals surface area contributed by atoms with E-state index in [1.807, 2.05) is 0 Å². The van der Waals surface area contributed by atoms with Gasteiger partial charge in [0.2, 0.25) is 5.95 Å². The normalized spacial score (nSPS) is 14.4. The lowest BCUT2D eigenvalue weighted by Gasteiger charge is -2.22. The molecule has 1 heterocycles. The number of ether oxygens (including phenoxy) is 1. The summed E-state index contributed by atoms with van der Waals surface area (Å²) >= 11 is 0. The van der Waals surface area contributed by atoms with Crippen molar-refractivity contribution in [3.63, 3.8) is 0 Å². The molecule has 0 spiro atoms. The molecular formula is C20H24N4O3. The quantitative estimate of drug-likeness (QED) is 0.786. The minimum Gasteiger partial charge on any atom is -0.465 e. The smallest absolute Gasteiger partial charge is 0.339 e. The van der Waals surface area contributed by atoms with Crippen molar-refractivity contribution in [2.75, 3.05) is 12.4 Å². The van der Waals surface area contributed by atoms with Gasteiger partial charge in [-0.2, -0.15) is 0 Å². The van der Waals surface area contributed by atoms with Crippen molar-refractivity contribution in [1.29, 1.82) is 0 Å². The summed E-state index contributed by atoms with van der Waals surface area (Å²) in [6, 6.07) is 8.80. The van der Waals surface area contributed by atoms with Crippen LogP contribution in [0.3, 0.4) is 0 Å². The van der Waals surface area contributed by atoms with Crippen LogP contribution in [0.1, 0.15) is 58.6 Å². The van der Waals surface area contributed by atoms with E-state index in [0.717, 1.165) is 25.7 Å². The Balaban J connectivity index is 1.79. The van der Waals surface area contributed by atoms with Crippen LogP contribution in [-0.2, 0) is 4.74 Å². The fourth-order valence-electron chi connectivity index (χ4n) is 3.25. The average molecular weight is 368 g/mol. The molecule has 142 valence electrons. The SMILES string of the molecule is COC(=O)c1ccccc1Nc1nc(C)cc(C(=O)NC2CCCCC2)n1. The van der Waals surface area contributed by atoms with Crippen molar-refractivity contribution in [3.05, 3.63) is 47.3 Å². The van der Waals surface area contributed by atoms with Gasteiger partial charge in [0.15, 0.2) is 0 Å². The van der Waals surface area contributed by atoms with Crippen LogP contribution in [0.25, 0.3) is 0 Å². The Morgan fingerprint density at radius 1 is 1.11 bits per heavy atom. The van der Waals surface area contributed by atoms with Gasteiger partial charge in [-0.1, -0.05) is 31.4 Å². The second-order valence-electron chi connectivity index (χ2n) is 6.69. The number of methoxy groups -OCH3 is 1. The van der Waals surface area contributed by atoms with Gasteiger partial charge in [-0.25, -0.2) is 14.8 Å². The zero-order valence-corrected chi connectivity index (χ0v) is 15.6. The predicted octanol–water partition coefficient (Wildman–Crippen LogP) is 3.38. The van der Waals surface area contributed by atoms with Crippen LogP contribution in [-0.4, -0.2) is 35.0 Å². The third-order valence-electron chi connectivity index (χ3n) is 4.61. The largest absolute Gasteiger partial charge is 0.465 e. The summed E-state index contributed by atoms with van der Waals surface area (Å²) in [4.78, 5) is 33.2. The Morgan fingerprint density at radius 2 is 1.85 bits per heavy atom. The van der Waals surface area contributed by atoms with Crippen molar-refractivity contribution in [2.45, 2.75) is 45.1 Å². The molecule has 1 fully saturated rings. The van der Waals surface area contributed by atoms with Crippen molar-refractivity contribution in [2.24, 2.45) is 0 Å². The van der Waals surface area contributed by atoms with E-state index in [4.69, 9.17) is 4.74 Å². The maximum absolute atomic E-state index is 12.6. The monoisotopic (exact) mass is 368 g/mol. The number of para-hydroxylation sites is 1. The van der Waals surface area contributed by atoms with Crippen molar-refractivity contribution < 1.29 is 14.3 Å². The van der Waals surface area contributed by atoms with E-state index in [1.165, 1.54) is 13.5 Å². The Hall–Kier alpha value is -2.96. The zero-order chi connectivity index (χ0) is 19.2. The molecule has 0 atom stereocenters. The van der Waals surface area contributed by atoms with Crippen molar-refractivity contribution >= 4 is 23.5 Å². The topological polar surface area (TPSA) is 93.2 Å². The second kappa shape index (κ2) is 8.62. The van der Waals surface area contributed by atoms with E-state index in [2.05, 4.69) is 20.6 Å². The van der Waals surface area contributed by atoms with Gasteiger partial charge in [0.05, 0.1) is 18.4 Å². The number of nitrogens with zero attached hydrogens (tertiary/aromatic N) is 2. The number of rotatable bonds is 5.